The Balaban J connectivity index is 4.24. The summed E-state index contributed by atoms with van der Waals surface area (Å²) in [6, 6.07) is -1.14. The first kappa shape index (κ1) is 20.1. The minimum atomic E-state index is -0.696. The molecule has 0 spiro atoms. The zero-order chi connectivity index (χ0) is 16.8. The van der Waals surface area contributed by atoms with Crippen molar-refractivity contribution in [1.82, 2.24) is 16.1 Å². The minimum absolute atomic E-state index is 0.257. The molecule has 0 saturated heterocycles. The average Bonchev–Trinajstić information content (AvgIpc) is 2.51. The highest BCUT2D eigenvalue weighted by atomic mass is 16.5. The highest BCUT2D eigenvalue weighted by Gasteiger charge is 2.21. The number of carbonyl (C=O) groups is 2. The number of nitrogens with two attached hydrogens (primary N) is 1. The number of rotatable bonds is 10. The summed E-state index contributed by atoms with van der Waals surface area (Å²) in [7, 11) is 0. The van der Waals surface area contributed by atoms with Crippen LogP contribution >= 0.6 is 0 Å². The Bertz CT molecular complexity index is 362. The molecule has 0 aliphatic carbocycles. The second-order valence-electron chi connectivity index (χ2n) is 4.57. The van der Waals surface area contributed by atoms with Gasteiger partial charge in [-0.25, -0.2) is 9.59 Å². The fraction of sp³-hybridized carbons (Fsp3) is 0.769. The van der Waals surface area contributed by atoms with E-state index in [4.69, 9.17) is 15.7 Å². The number of hydrogen-bond acceptors (Lipinski definition) is 6. The SMILES string of the molecule is CCOC(=O)C(CCCCN=C(C)NO)NC(=O)NCCN. The number of nitrogens with zero attached hydrogens (tertiary/aromatic N) is 1. The van der Waals surface area contributed by atoms with Gasteiger partial charge in [0, 0.05) is 19.6 Å². The molecular formula is C13H27N5O4. The molecule has 0 aliphatic heterocycles. The standard InChI is InChI=1S/C13H27N5O4/c1-3-22-12(19)11(17-13(20)16-9-7-14)6-4-5-8-15-10(2)18-21/h11,21H,3-9,14H2,1-2H3,(H,15,18)(H2,16,17,20). The molecule has 0 rings (SSSR count). The number of nitrogens with one attached hydrogen (secondary N) is 3. The van der Waals surface area contributed by atoms with Gasteiger partial charge in [-0.3, -0.25) is 15.7 Å². The molecule has 9 heteroatoms. The van der Waals surface area contributed by atoms with Crippen LogP contribution in [0.4, 0.5) is 4.79 Å². The number of amides is 2. The third-order valence-electron chi connectivity index (χ3n) is 2.72. The van der Waals surface area contributed by atoms with E-state index in [1.165, 1.54) is 0 Å². The third kappa shape index (κ3) is 9.94. The van der Waals surface area contributed by atoms with Crippen molar-refractivity contribution in [3.05, 3.63) is 0 Å². The second-order valence-corrected chi connectivity index (χ2v) is 4.57. The van der Waals surface area contributed by atoms with Gasteiger partial charge in [-0.05, 0) is 33.1 Å². The lowest BCUT2D eigenvalue weighted by atomic mass is 10.1. The van der Waals surface area contributed by atoms with Crippen LogP contribution in [0.15, 0.2) is 4.99 Å². The first-order chi connectivity index (χ1) is 10.5. The van der Waals surface area contributed by atoms with Gasteiger partial charge in [0.1, 0.15) is 11.9 Å². The zero-order valence-corrected chi connectivity index (χ0v) is 13.2. The minimum Gasteiger partial charge on any atom is -0.464 e. The van der Waals surface area contributed by atoms with Crippen LogP contribution in [0.2, 0.25) is 0 Å². The summed E-state index contributed by atoms with van der Waals surface area (Å²) < 4.78 is 4.95. The van der Waals surface area contributed by atoms with Crippen molar-refractivity contribution in [2.24, 2.45) is 10.7 Å². The van der Waals surface area contributed by atoms with Crippen molar-refractivity contribution < 1.29 is 19.5 Å². The Kier molecular flexibility index (Phi) is 11.7. The summed E-state index contributed by atoms with van der Waals surface area (Å²) >= 11 is 0. The largest absolute Gasteiger partial charge is 0.464 e. The van der Waals surface area contributed by atoms with Crippen molar-refractivity contribution >= 4 is 17.8 Å². The van der Waals surface area contributed by atoms with E-state index in [2.05, 4.69) is 15.6 Å². The monoisotopic (exact) mass is 317 g/mol. The van der Waals surface area contributed by atoms with Gasteiger partial charge < -0.3 is 21.1 Å². The van der Waals surface area contributed by atoms with Gasteiger partial charge in [0.15, 0.2) is 0 Å². The lowest BCUT2D eigenvalue weighted by Gasteiger charge is -2.17. The molecule has 0 saturated carbocycles. The number of carbonyl (C=O) groups excluding carboxylic acids is 2. The third-order valence-corrected chi connectivity index (χ3v) is 2.72. The summed E-state index contributed by atoms with van der Waals surface area (Å²) in [6.07, 6.45) is 1.86. The molecule has 0 aromatic rings. The maximum Gasteiger partial charge on any atom is 0.328 e. The Hall–Kier alpha value is -1.87. The molecule has 0 radical (unpaired) electrons. The van der Waals surface area contributed by atoms with Crippen LogP contribution < -0.4 is 21.8 Å². The van der Waals surface area contributed by atoms with Gasteiger partial charge in [-0.1, -0.05) is 0 Å². The molecule has 1 unspecified atom stereocenters. The molecule has 0 bridgehead atoms. The average molecular weight is 317 g/mol. The molecule has 128 valence electrons. The zero-order valence-electron chi connectivity index (χ0n) is 13.2. The van der Waals surface area contributed by atoms with Crippen molar-refractivity contribution in [2.45, 2.75) is 39.2 Å². The maximum atomic E-state index is 11.8. The summed E-state index contributed by atoms with van der Waals surface area (Å²) in [5.74, 6) is -0.0247. The lowest BCUT2D eigenvalue weighted by molar-refractivity contribution is -0.145. The summed E-state index contributed by atoms with van der Waals surface area (Å²) in [6.45, 7) is 4.80. The van der Waals surface area contributed by atoms with Crippen LogP contribution in [-0.4, -0.2) is 55.3 Å². The molecule has 6 N–H and O–H groups in total. The second kappa shape index (κ2) is 12.8. The van der Waals surface area contributed by atoms with E-state index in [9.17, 15) is 9.59 Å². The van der Waals surface area contributed by atoms with Gasteiger partial charge in [0.05, 0.1) is 6.61 Å². The quantitative estimate of drug-likeness (QED) is 0.124. The predicted molar refractivity (Wildman–Crippen MR) is 82.8 cm³/mol. The van der Waals surface area contributed by atoms with Gasteiger partial charge in [0.25, 0.3) is 0 Å². The highest BCUT2D eigenvalue weighted by molar-refractivity contribution is 5.83. The van der Waals surface area contributed by atoms with Crippen LogP contribution in [0.5, 0.6) is 0 Å². The number of urea groups is 1. The van der Waals surface area contributed by atoms with Crippen molar-refractivity contribution in [2.75, 3.05) is 26.2 Å². The number of hydrogen-bond donors (Lipinski definition) is 5. The van der Waals surface area contributed by atoms with E-state index in [0.29, 0.717) is 38.3 Å². The van der Waals surface area contributed by atoms with Gasteiger partial charge in [0.2, 0.25) is 0 Å². The van der Waals surface area contributed by atoms with Crippen LogP contribution in [0.25, 0.3) is 0 Å². The molecule has 1 atom stereocenters. The van der Waals surface area contributed by atoms with Crippen LogP contribution in [0, 0.1) is 0 Å². The summed E-state index contributed by atoms with van der Waals surface area (Å²) in [4.78, 5) is 27.5. The van der Waals surface area contributed by atoms with Crippen molar-refractivity contribution in [3.8, 4) is 0 Å². The molecule has 2 amide bonds. The van der Waals surface area contributed by atoms with Crippen LogP contribution in [-0.2, 0) is 9.53 Å². The fourth-order valence-corrected chi connectivity index (χ4v) is 1.63. The highest BCUT2D eigenvalue weighted by Crippen LogP contribution is 2.04. The normalized spacial score (nSPS) is 12.5. The van der Waals surface area contributed by atoms with Crippen molar-refractivity contribution in [1.29, 1.82) is 0 Å². The number of aliphatic imine (C=N–C) groups is 1. The smallest absolute Gasteiger partial charge is 0.328 e. The Morgan fingerprint density at radius 2 is 2.09 bits per heavy atom. The molecule has 0 aromatic heterocycles. The predicted octanol–water partition coefficient (Wildman–Crippen LogP) is -0.256. The van der Waals surface area contributed by atoms with E-state index in [0.717, 1.165) is 6.42 Å². The molecule has 9 nitrogen and oxygen atoms in total. The number of amidine groups is 1. The lowest BCUT2D eigenvalue weighted by Crippen LogP contribution is -2.47. The topological polar surface area (TPSA) is 138 Å². The van der Waals surface area contributed by atoms with E-state index in [1.807, 2.05) is 5.48 Å². The summed E-state index contributed by atoms with van der Waals surface area (Å²) in [5.41, 5.74) is 7.24. The van der Waals surface area contributed by atoms with Gasteiger partial charge >= 0.3 is 12.0 Å². The number of unbranched alkanes of at least 4 members (excludes halogenated alkanes) is 1. The van der Waals surface area contributed by atoms with Crippen LogP contribution in [0.1, 0.15) is 33.1 Å². The Morgan fingerprint density at radius 3 is 2.68 bits per heavy atom. The molecule has 22 heavy (non-hydrogen) atoms. The molecule has 0 heterocycles. The van der Waals surface area contributed by atoms with E-state index in [1.54, 1.807) is 13.8 Å². The van der Waals surface area contributed by atoms with Gasteiger partial charge in [-0.2, -0.15) is 0 Å². The van der Waals surface area contributed by atoms with E-state index < -0.39 is 18.0 Å². The Morgan fingerprint density at radius 1 is 1.36 bits per heavy atom. The fourth-order valence-electron chi connectivity index (χ4n) is 1.63. The molecule has 0 fully saturated rings. The van der Waals surface area contributed by atoms with Gasteiger partial charge in [-0.15, -0.1) is 0 Å². The van der Waals surface area contributed by atoms with Crippen LogP contribution in [0.3, 0.4) is 0 Å². The van der Waals surface area contributed by atoms with Crippen molar-refractivity contribution in [3.63, 3.8) is 0 Å². The number of hydroxylamine groups is 1. The number of esters is 1. The molecule has 0 aliphatic rings. The summed E-state index contributed by atoms with van der Waals surface area (Å²) in [5, 5.41) is 13.7. The number of ether oxygens (including phenoxy) is 1. The first-order valence-corrected chi connectivity index (χ1v) is 7.37. The maximum absolute atomic E-state index is 11.8. The Labute approximate surface area is 130 Å². The molecular weight excluding hydrogens is 290 g/mol. The molecule has 0 aromatic carbocycles. The van der Waals surface area contributed by atoms with E-state index >= 15 is 0 Å². The first-order valence-electron chi connectivity index (χ1n) is 7.37. The van der Waals surface area contributed by atoms with E-state index in [-0.39, 0.29) is 6.61 Å².